The van der Waals surface area contributed by atoms with Crippen LogP contribution in [0.2, 0.25) is 10.0 Å². The Bertz CT molecular complexity index is 1400. The second kappa shape index (κ2) is 9.69. The van der Waals surface area contributed by atoms with Gasteiger partial charge in [0.2, 0.25) is 17.7 Å². The maximum absolute atomic E-state index is 13.8. The lowest BCUT2D eigenvalue weighted by Crippen LogP contribution is -2.64. The van der Waals surface area contributed by atoms with Gasteiger partial charge >= 0.3 is 0 Å². The summed E-state index contributed by atoms with van der Waals surface area (Å²) in [6.07, 6.45) is 5.70. The number of carbonyl (C=O) groups is 3. The molecule has 2 atom stereocenters. The number of hydrogen-bond acceptors (Lipinski definition) is 3. The van der Waals surface area contributed by atoms with Gasteiger partial charge in [0.05, 0.1) is 16.1 Å². The van der Waals surface area contributed by atoms with Crippen molar-refractivity contribution in [2.45, 2.75) is 56.7 Å². The molecule has 7 nitrogen and oxygen atoms in total. The molecule has 0 radical (unpaired) electrons. The third kappa shape index (κ3) is 4.38. The van der Waals surface area contributed by atoms with Crippen molar-refractivity contribution in [2.24, 2.45) is 0 Å². The molecule has 3 aliphatic rings. The Morgan fingerprint density at radius 2 is 1.81 bits per heavy atom. The minimum absolute atomic E-state index is 0.108. The second-order valence-corrected chi connectivity index (χ2v) is 11.1. The smallest absolute Gasteiger partial charge is 0.246 e. The molecule has 1 saturated carbocycles. The van der Waals surface area contributed by atoms with Gasteiger partial charge in [-0.25, -0.2) is 0 Å². The molecule has 192 valence electrons. The van der Waals surface area contributed by atoms with Crippen molar-refractivity contribution in [1.82, 2.24) is 20.1 Å². The number of nitrogens with zero attached hydrogens (tertiary/aromatic N) is 2. The quantitative estimate of drug-likeness (QED) is 0.508. The predicted molar refractivity (Wildman–Crippen MR) is 143 cm³/mol. The highest BCUT2D eigenvalue weighted by atomic mass is 35.5. The van der Waals surface area contributed by atoms with Crippen molar-refractivity contribution in [3.63, 3.8) is 0 Å². The van der Waals surface area contributed by atoms with Crippen molar-refractivity contribution >= 4 is 51.8 Å². The van der Waals surface area contributed by atoms with Gasteiger partial charge < -0.3 is 20.1 Å². The van der Waals surface area contributed by atoms with Crippen LogP contribution in [-0.4, -0.2) is 57.7 Å². The topological polar surface area (TPSA) is 85.5 Å². The van der Waals surface area contributed by atoms with E-state index in [1.165, 1.54) is 11.3 Å². The van der Waals surface area contributed by atoms with Crippen LogP contribution in [0.25, 0.3) is 10.9 Å². The third-order valence-electron chi connectivity index (χ3n) is 7.91. The number of piperazine rings is 1. The zero-order valence-corrected chi connectivity index (χ0v) is 21.8. The van der Waals surface area contributed by atoms with Crippen molar-refractivity contribution in [3.05, 3.63) is 69.3 Å². The number of fused-ring (bicyclic) bond motifs is 4. The van der Waals surface area contributed by atoms with Gasteiger partial charge in [-0.3, -0.25) is 14.4 Å². The number of nitrogens with one attached hydrogen (secondary N) is 2. The molecular formula is C28H28Cl2N4O3. The van der Waals surface area contributed by atoms with Crippen LogP contribution in [0.15, 0.2) is 42.5 Å². The van der Waals surface area contributed by atoms with E-state index in [4.69, 9.17) is 23.2 Å². The fraction of sp³-hybridized carbons (Fsp3) is 0.393. The summed E-state index contributed by atoms with van der Waals surface area (Å²) in [5.41, 5.74) is 3.60. The summed E-state index contributed by atoms with van der Waals surface area (Å²) in [6.45, 7) is -0.246. The molecule has 3 heterocycles. The van der Waals surface area contributed by atoms with Crippen LogP contribution in [0, 0.1) is 0 Å². The summed E-state index contributed by atoms with van der Waals surface area (Å²) >= 11 is 12.6. The van der Waals surface area contributed by atoms with Crippen LogP contribution in [0.4, 0.5) is 0 Å². The van der Waals surface area contributed by atoms with Gasteiger partial charge in [0.25, 0.3) is 0 Å². The Kier molecular flexibility index (Phi) is 6.37. The van der Waals surface area contributed by atoms with Gasteiger partial charge in [-0.1, -0.05) is 66.7 Å². The van der Waals surface area contributed by atoms with E-state index in [9.17, 15) is 14.4 Å². The Morgan fingerprint density at radius 3 is 2.59 bits per heavy atom. The number of amides is 3. The van der Waals surface area contributed by atoms with Crippen LogP contribution in [0.1, 0.15) is 55.0 Å². The summed E-state index contributed by atoms with van der Waals surface area (Å²) in [7, 11) is 0. The van der Waals surface area contributed by atoms with Crippen molar-refractivity contribution in [1.29, 1.82) is 0 Å². The highest BCUT2D eigenvalue weighted by molar-refractivity contribution is 6.42. The second-order valence-electron chi connectivity index (χ2n) is 10.3. The van der Waals surface area contributed by atoms with Crippen molar-refractivity contribution in [3.8, 4) is 0 Å². The molecule has 2 fully saturated rings. The molecule has 3 aromatic rings. The number of benzene rings is 2. The molecule has 3 amide bonds. The normalized spacial score (nSPS) is 22.2. The molecule has 6 rings (SSSR count). The average molecular weight is 539 g/mol. The monoisotopic (exact) mass is 538 g/mol. The van der Waals surface area contributed by atoms with Crippen LogP contribution in [-0.2, 0) is 20.8 Å². The Labute approximate surface area is 225 Å². The summed E-state index contributed by atoms with van der Waals surface area (Å²) in [4.78, 5) is 46.8. The molecule has 0 bridgehead atoms. The highest BCUT2D eigenvalue weighted by Crippen LogP contribution is 2.43. The molecule has 9 heteroatoms. The SMILES string of the molecule is O=C(CN1CC(=O)N2[C@H](c3ccc(Cl)c(Cl)c3)c3[nH]c4ccccc4c3C[C@H]2C1=O)NC1CCCCC1. The Balaban J connectivity index is 1.35. The largest absolute Gasteiger partial charge is 0.356 e. The van der Waals surface area contributed by atoms with Gasteiger partial charge in [-0.05, 0) is 42.2 Å². The number of aromatic amines is 1. The Hall–Kier alpha value is -3.03. The molecule has 0 spiro atoms. The van der Waals surface area contributed by atoms with E-state index >= 15 is 0 Å². The highest BCUT2D eigenvalue weighted by Gasteiger charge is 2.48. The zero-order chi connectivity index (χ0) is 25.7. The van der Waals surface area contributed by atoms with E-state index in [1.807, 2.05) is 30.3 Å². The Morgan fingerprint density at radius 1 is 1.03 bits per heavy atom. The summed E-state index contributed by atoms with van der Waals surface area (Å²) in [5, 5.41) is 4.90. The first-order valence-corrected chi connectivity index (χ1v) is 13.6. The van der Waals surface area contributed by atoms with Crippen molar-refractivity contribution < 1.29 is 14.4 Å². The average Bonchev–Trinajstić information content (AvgIpc) is 3.26. The van der Waals surface area contributed by atoms with Gasteiger partial charge in [0.1, 0.15) is 19.1 Å². The number of halogens is 2. The third-order valence-corrected chi connectivity index (χ3v) is 8.65. The van der Waals surface area contributed by atoms with Gasteiger partial charge in [-0.15, -0.1) is 0 Å². The van der Waals surface area contributed by atoms with E-state index < -0.39 is 12.1 Å². The predicted octanol–water partition coefficient (Wildman–Crippen LogP) is 4.61. The lowest BCUT2D eigenvalue weighted by atomic mass is 9.86. The first-order chi connectivity index (χ1) is 17.9. The van der Waals surface area contributed by atoms with Crippen molar-refractivity contribution in [2.75, 3.05) is 13.1 Å². The molecule has 1 aromatic heterocycles. The molecule has 2 N–H and O–H groups in total. The molecule has 0 unspecified atom stereocenters. The number of aromatic nitrogens is 1. The van der Waals surface area contributed by atoms with Crippen LogP contribution >= 0.6 is 23.2 Å². The van der Waals surface area contributed by atoms with E-state index in [1.54, 1.807) is 17.0 Å². The molecule has 37 heavy (non-hydrogen) atoms. The standard InChI is InChI=1S/C28H28Cl2N4O3/c29-20-11-10-16(12-21(20)30)27-26-19(18-8-4-5-9-22(18)32-26)13-23-28(37)33(15-25(36)34(23)27)14-24(35)31-17-6-2-1-3-7-17/h4-5,8-12,17,23,27,32H,1-3,6-7,13-15H2,(H,31,35)/t23-,27+/m0/s1. The number of para-hydroxylation sites is 1. The van der Waals surface area contributed by atoms with Crippen LogP contribution < -0.4 is 5.32 Å². The minimum atomic E-state index is -0.713. The van der Waals surface area contributed by atoms with Crippen LogP contribution in [0.3, 0.4) is 0 Å². The van der Waals surface area contributed by atoms with E-state index in [0.717, 1.165) is 53.4 Å². The maximum Gasteiger partial charge on any atom is 0.246 e. The molecular weight excluding hydrogens is 511 g/mol. The van der Waals surface area contributed by atoms with E-state index in [-0.39, 0.29) is 36.9 Å². The summed E-state index contributed by atoms with van der Waals surface area (Å²) in [5.74, 6) is -0.610. The van der Waals surface area contributed by atoms with Gasteiger partial charge in [0.15, 0.2) is 0 Å². The maximum atomic E-state index is 13.8. The fourth-order valence-electron chi connectivity index (χ4n) is 6.18. The summed E-state index contributed by atoms with van der Waals surface area (Å²) in [6, 6.07) is 12.2. The zero-order valence-electron chi connectivity index (χ0n) is 20.3. The number of carbonyl (C=O) groups excluding carboxylic acids is 3. The first-order valence-electron chi connectivity index (χ1n) is 12.8. The first kappa shape index (κ1) is 24.3. The number of hydrogen-bond donors (Lipinski definition) is 2. The van der Waals surface area contributed by atoms with Crippen LogP contribution in [0.5, 0.6) is 0 Å². The molecule has 1 saturated heterocycles. The lowest BCUT2D eigenvalue weighted by Gasteiger charge is -2.47. The number of rotatable bonds is 4. The fourth-order valence-corrected chi connectivity index (χ4v) is 6.49. The molecule has 2 aliphatic heterocycles. The van der Waals surface area contributed by atoms with Gasteiger partial charge in [-0.2, -0.15) is 0 Å². The minimum Gasteiger partial charge on any atom is -0.356 e. The molecule has 2 aromatic carbocycles. The number of H-pyrrole nitrogens is 1. The summed E-state index contributed by atoms with van der Waals surface area (Å²) < 4.78 is 0. The van der Waals surface area contributed by atoms with E-state index in [0.29, 0.717) is 16.5 Å². The van der Waals surface area contributed by atoms with Gasteiger partial charge in [0, 0.05) is 29.1 Å². The lowest BCUT2D eigenvalue weighted by molar-refractivity contribution is -0.159. The molecule has 1 aliphatic carbocycles. The van der Waals surface area contributed by atoms with E-state index in [2.05, 4.69) is 10.3 Å².